The van der Waals surface area contributed by atoms with Crippen molar-refractivity contribution in [3.05, 3.63) is 69.0 Å². The number of benzene rings is 1. The van der Waals surface area contributed by atoms with E-state index in [9.17, 15) is 18.8 Å². The zero-order valence-corrected chi connectivity index (χ0v) is 17.2. The molecule has 3 aromatic rings. The number of H-pyrrole nitrogens is 1. The molecule has 2 aliphatic rings. The molecule has 0 radical (unpaired) electrons. The number of carbonyl (C=O) groups excluding carboxylic acids is 2. The zero-order chi connectivity index (χ0) is 21.7. The highest BCUT2D eigenvalue weighted by Gasteiger charge is 2.31. The van der Waals surface area contributed by atoms with Crippen LogP contribution in [0.1, 0.15) is 53.0 Å². The van der Waals surface area contributed by atoms with Crippen LogP contribution in [0.3, 0.4) is 0 Å². The van der Waals surface area contributed by atoms with Crippen molar-refractivity contribution in [3.8, 4) is 0 Å². The van der Waals surface area contributed by atoms with Crippen molar-refractivity contribution in [2.75, 3.05) is 6.54 Å². The summed E-state index contributed by atoms with van der Waals surface area (Å²) in [5.41, 5.74) is 3.01. The number of aromatic nitrogens is 2. The summed E-state index contributed by atoms with van der Waals surface area (Å²) in [6.45, 7) is 2.62. The first-order chi connectivity index (χ1) is 14.9. The van der Waals surface area contributed by atoms with Gasteiger partial charge in [-0.15, -0.1) is 0 Å². The topological polar surface area (TPSA) is 87.2 Å². The molecular formula is C23H23FN4O3. The Hall–Kier alpha value is -3.42. The summed E-state index contributed by atoms with van der Waals surface area (Å²) in [6.07, 6.45) is 4.14. The SMILES string of the molecule is CC(=O)N1CCc2c(cn(C3CC3)c(=O)c2C(=O)NCc2cc3cc(F)ccc3[nH]2)C1. The first-order valence-electron chi connectivity index (χ1n) is 10.5. The van der Waals surface area contributed by atoms with Gasteiger partial charge in [0.1, 0.15) is 11.4 Å². The Morgan fingerprint density at radius 2 is 2.06 bits per heavy atom. The Morgan fingerprint density at radius 1 is 1.26 bits per heavy atom. The number of pyridine rings is 1. The largest absolute Gasteiger partial charge is 0.357 e. The average molecular weight is 422 g/mol. The molecule has 1 aliphatic carbocycles. The van der Waals surface area contributed by atoms with Gasteiger partial charge >= 0.3 is 0 Å². The molecule has 1 aromatic carbocycles. The lowest BCUT2D eigenvalue weighted by molar-refractivity contribution is -0.129. The number of rotatable bonds is 4. The predicted molar refractivity (Wildman–Crippen MR) is 113 cm³/mol. The molecule has 0 atom stereocenters. The van der Waals surface area contributed by atoms with Gasteiger partial charge in [-0.25, -0.2) is 4.39 Å². The van der Waals surface area contributed by atoms with Gasteiger partial charge in [0, 0.05) is 48.8 Å². The highest BCUT2D eigenvalue weighted by molar-refractivity contribution is 5.96. The van der Waals surface area contributed by atoms with Crippen LogP contribution in [0, 0.1) is 5.82 Å². The van der Waals surface area contributed by atoms with Crippen LogP contribution in [0.2, 0.25) is 0 Å². The second kappa shape index (κ2) is 7.37. The summed E-state index contributed by atoms with van der Waals surface area (Å²) in [5, 5.41) is 3.57. The summed E-state index contributed by atoms with van der Waals surface area (Å²) in [7, 11) is 0. The molecule has 3 heterocycles. The molecule has 7 nitrogen and oxygen atoms in total. The number of fused-ring (bicyclic) bond motifs is 2. The highest BCUT2D eigenvalue weighted by atomic mass is 19.1. The van der Waals surface area contributed by atoms with Crippen molar-refractivity contribution in [2.24, 2.45) is 0 Å². The first-order valence-corrected chi connectivity index (χ1v) is 10.5. The summed E-state index contributed by atoms with van der Waals surface area (Å²) < 4.78 is 15.1. The van der Waals surface area contributed by atoms with E-state index in [0.29, 0.717) is 19.5 Å². The van der Waals surface area contributed by atoms with E-state index in [1.54, 1.807) is 21.6 Å². The fourth-order valence-electron chi connectivity index (χ4n) is 4.33. The Labute approximate surface area is 177 Å². The highest BCUT2D eigenvalue weighted by Crippen LogP contribution is 2.34. The monoisotopic (exact) mass is 422 g/mol. The molecule has 2 aromatic heterocycles. The van der Waals surface area contributed by atoms with Crippen molar-refractivity contribution >= 4 is 22.7 Å². The number of carbonyl (C=O) groups is 2. The van der Waals surface area contributed by atoms with Crippen LogP contribution in [0.5, 0.6) is 0 Å². The number of nitrogens with one attached hydrogen (secondary N) is 2. The second-order valence-electron chi connectivity index (χ2n) is 8.35. The first kappa shape index (κ1) is 19.5. The van der Waals surface area contributed by atoms with E-state index in [1.807, 2.05) is 6.20 Å². The maximum atomic E-state index is 13.4. The molecule has 1 aliphatic heterocycles. The van der Waals surface area contributed by atoms with Gasteiger partial charge in [0.05, 0.1) is 6.54 Å². The third kappa shape index (κ3) is 3.62. The molecular weight excluding hydrogens is 399 g/mol. The average Bonchev–Trinajstić information content (AvgIpc) is 3.50. The van der Waals surface area contributed by atoms with Gasteiger partial charge in [0.25, 0.3) is 11.5 Å². The van der Waals surface area contributed by atoms with Gasteiger partial charge < -0.3 is 19.8 Å². The number of hydrogen-bond donors (Lipinski definition) is 2. The third-order valence-electron chi connectivity index (χ3n) is 6.12. The van der Waals surface area contributed by atoms with Gasteiger partial charge in [0.15, 0.2) is 0 Å². The van der Waals surface area contributed by atoms with E-state index >= 15 is 0 Å². The lowest BCUT2D eigenvalue weighted by Crippen LogP contribution is -2.40. The molecule has 0 unspecified atom stereocenters. The molecule has 0 spiro atoms. The Bertz CT molecular complexity index is 1270. The molecule has 8 heteroatoms. The van der Waals surface area contributed by atoms with Crippen molar-refractivity contribution in [3.63, 3.8) is 0 Å². The molecule has 1 fully saturated rings. The minimum absolute atomic E-state index is 0.0175. The quantitative estimate of drug-likeness (QED) is 0.678. The van der Waals surface area contributed by atoms with E-state index in [4.69, 9.17) is 0 Å². The number of hydrogen-bond acceptors (Lipinski definition) is 3. The molecule has 1 saturated carbocycles. The summed E-state index contributed by atoms with van der Waals surface area (Å²) in [5.74, 6) is -0.758. The minimum Gasteiger partial charge on any atom is -0.357 e. The van der Waals surface area contributed by atoms with Crippen molar-refractivity contribution in [1.82, 2.24) is 19.8 Å². The lowest BCUT2D eigenvalue weighted by Gasteiger charge is -2.29. The van der Waals surface area contributed by atoms with Crippen molar-refractivity contribution in [2.45, 2.75) is 45.3 Å². The van der Waals surface area contributed by atoms with Gasteiger partial charge in [-0.05, 0) is 54.7 Å². The van der Waals surface area contributed by atoms with E-state index < -0.39 is 5.91 Å². The fraction of sp³-hybridized carbons (Fsp3) is 0.348. The maximum absolute atomic E-state index is 13.4. The smallest absolute Gasteiger partial charge is 0.263 e. The van der Waals surface area contributed by atoms with Crippen LogP contribution >= 0.6 is 0 Å². The number of amides is 2. The van der Waals surface area contributed by atoms with Gasteiger partial charge in [-0.1, -0.05) is 0 Å². The Kier molecular flexibility index (Phi) is 4.64. The van der Waals surface area contributed by atoms with E-state index in [2.05, 4.69) is 10.3 Å². The van der Waals surface area contributed by atoms with Crippen molar-refractivity contribution in [1.29, 1.82) is 0 Å². The molecule has 2 N–H and O–H groups in total. The fourth-order valence-corrected chi connectivity index (χ4v) is 4.33. The van der Waals surface area contributed by atoms with Crippen LogP contribution in [-0.2, 0) is 24.3 Å². The van der Waals surface area contributed by atoms with E-state index in [1.165, 1.54) is 19.1 Å². The summed E-state index contributed by atoms with van der Waals surface area (Å²) >= 11 is 0. The standard InChI is InChI=1S/C23H23FN4O3/c1-13(29)27-7-6-19-15(11-27)12-28(18-3-4-18)23(31)21(19)22(30)25-10-17-9-14-8-16(24)2-5-20(14)26-17/h2,5,8-9,12,18,26H,3-4,6-7,10-11H2,1H3,(H,25,30). The number of aromatic amines is 1. The molecule has 0 saturated heterocycles. The van der Waals surface area contributed by atoms with E-state index in [-0.39, 0.29) is 35.4 Å². The summed E-state index contributed by atoms with van der Waals surface area (Å²) in [6, 6.07) is 6.37. The molecule has 160 valence electrons. The second-order valence-corrected chi connectivity index (χ2v) is 8.35. The van der Waals surface area contributed by atoms with Crippen molar-refractivity contribution < 1.29 is 14.0 Å². The zero-order valence-electron chi connectivity index (χ0n) is 17.2. The Morgan fingerprint density at radius 3 is 2.81 bits per heavy atom. The predicted octanol–water partition coefficient (Wildman–Crippen LogP) is 2.64. The normalized spacial score (nSPS) is 15.7. The van der Waals surface area contributed by atoms with E-state index in [0.717, 1.165) is 40.6 Å². The van der Waals surface area contributed by atoms with Gasteiger partial charge in [-0.3, -0.25) is 14.4 Å². The Balaban J connectivity index is 1.44. The van der Waals surface area contributed by atoms with Crippen LogP contribution in [0.15, 0.2) is 35.3 Å². The molecule has 2 amide bonds. The number of halogens is 1. The molecule has 0 bridgehead atoms. The van der Waals surface area contributed by atoms with Crippen LogP contribution < -0.4 is 10.9 Å². The minimum atomic E-state index is -0.419. The van der Waals surface area contributed by atoms with Gasteiger partial charge in [0.2, 0.25) is 5.91 Å². The molecule has 31 heavy (non-hydrogen) atoms. The summed E-state index contributed by atoms with van der Waals surface area (Å²) in [4.78, 5) is 43.0. The van der Waals surface area contributed by atoms with Crippen LogP contribution in [0.4, 0.5) is 4.39 Å². The van der Waals surface area contributed by atoms with Crippen LogP contribution in [-0.4, -0.2) is 32.8 Å². The van der Waals surface area contributed by atoms with Gasteiger partial charge in [-0.2, -0.15) is 0 Å². The number of nitrogens with zero attached hydrogens (tertiary/aromatic N) is 2. The van der Waals surface area contributed by atoms with Crippen LogP contribution in [0.25, 0.3) is 10.9 Å². The molecule has 5 rings (SSSR count). The maximum Gasteiger partial charge on any atom is 0.263 e. The third-order valence-corrected chi connectivity index (χ3v) is 6.12. The lowest BCUT2D eigenvalue weighted by atomic mass is 9.96.